The van der Waals surface area contributed by atoms with E-state index in [2.05, 4.69) is 17.9 Å². The molecule has 1 amide bonds. The van der Waals surface area contributed by atoms with Crippen molar-refractivity contribution in [3.63, 3.8) is 0 Å². The van der Waals surface area contributed by atoms with E-state index in [4.69, 9.17) is 4.74 Å². The number of nitrogens with one attached hydrogen (secondary N) is 1. The molecule has 0 saturated carbocycles. The van der Waals surface area contributed by atoms with Gasteiger partial charge in [-0.1, -0.05) is 24.3 Å². The second-order valence-electron chi connectivity index (χ2n) is 4.47. The van der Waals surface area contributed by atoms with Crippen LogP contribution in [0.5, 0.6) is 5.75 Å². The SMILES string of the molecule is COc1cccc(CNC(=O)Cc2ccc(S)cc2)c1. The van der Waals surface area contributed by atoms with Crippen LogP contribution in [0.1, 0.15) is 11.1 Å². The van der Waals surface area contributed by atoms with Crippen molar-refractivity contribution >= 4 is 18.5 Å². The van der Waals surface area contributed by atoms with Gasteiger partial charge in [-0.2, -0.15) is 0 Å². The Morgan fingerprint density at radius 3 is 2.60 bits per heavy atom. The summed E-state index contributed by atoms with van der Waals surface area (Å²) in [6, 6.07) is 15.2. The van der Waals surface area contributed by atoms with Crippen molar-refractivity contribution in [3.8, 4) is 5.75 Å². The smallest absolute Gasteiger partial charge is 0.224 e. The first-order valence-electron chi connectivity index (χ1n) is 6.35. The molecule has 0 aliphatic carbocycles. The molecule has 4 heteroatoms. The van der Waals surface area contributed by atoms with Crippen molar-refractivity contribution in [2.24, 2.45) is 0 Å². The van der Waals surface area contributed by atoms with E-state index in [1.54, 1.807) is 7.11 Å². The van der Waals surface area contributed by atoms with E-state index in [1.165, 1.54) is 0 Å². The molecule has 0 bridgehead atoms. The second-order valence-corrected chi connectivity index (χ2v) is 4.99. The lowest BCUT2D eigenvalue weighted by Crippen LogP contribution is -2.24. The summed E-state index contributed by atoms with van der Waals surface area (Å²) in [5, 5.41) is 2.90. The summed E-state index contributed by atoms with van der Waals surface area (Å²) in [5.41, 5.74) is 1.99. The predicted octanol–water partition coefficient (Wildman–Crippen LogP) is 2.84. The average molecular weight is 287 g/mol. The summed E-state index contributed by atoms with van der Waals surface area (Å²) in [4.78, 5) is 12.8. The van der Waals surface area contributed by atoms with Gasteiger partial charge in [0.25, 0.3) is 0 Å². The molecule has 2 aromatic rings. The highest BCUT2D eigenvalue weighted by Gasteiger charge is 2.03. The van der Waals surface area contributed by atoms with Crippen LogP contribution in [0.4, 0.5) is 0 Å². The van der Waals surface area contributed by atoms with Gasteiger partial charge in [-0.15, -0.1) is 12.6 Å². The summed E-state index contributed by atoms with van der Waals surface area (Å²) >= 11 is 4.22. The average Bonchev–Trinajstić information content (AvgIpc) is 2.48. The van der Waals surface area contributed by atoms with Gasteiger partial charge in [0.2, 0.25) is 5.91 Å². The highest BCUT2D eigenvalue weighted by Crippen LogP contribution is 2.12. The third kappa shape index (κ3) is 4.31. The summed E-state index contributed by atoms with van der Waals surface area (Å²) in [6.45, 7) is 0.501. The van der Waals surface area contributed by atoms with Gasteiger partial charge in [0.15, 0.2) is 0 Å². The van der Waals surface area contributed by atoms with Gasteiger partial charge >= 0.3 is 0 Å². The summed E-state index contributed by atoms with van der Waals surface area (Å²) in [7, 11) is 1.63. The molecule has 3 nitrogen and oxygen atoms in total. The zero-order chi connectivity index (χ0) is 14.4. The van der Waals surface area contributed by atoms with Crippen LogP contribution in [0.25, 0.3) is 0 Å². The van der Waals surface area contributed by atoms with Crippen molar-refractivity contribution in [2.45, 2.75) is 17.9 Å². The number of hydrogen-bond donors (Lipinski definition) is 2. The maximum Gasteiger partial charge on any atom is 0.224 e. The topological polar surface area (TPSA) is 38.3 Å². The predicted molar refractivity (Wildman–Crippen MR) is 82.2 cm³/mol. The van der Waals surface area contributed by atoms with E-state index in [9.17, 15) is 4.79 Å². The minimum Gasteiger partial charge on any atom is -0.497 e. The van der Waals surface area contributed by atoms with Crippen molar-refractivity contribution in [1.29, 1.82) is 0 Å². The number of hydrogen-bond acceptors (Lipinski definition) is 3. The van der Waals surface area contributed by atoms with Crippen LogP contribution < -0.4 is 10.1 Å². The van der Waals surface area contributed by atoms with E-state index in [-0.39, 0.29) is 5.91 Å². The van der Waals surface area contributed by atoms with Gasteiger partial charge in [-0.3, -0.25) is 4.79 Å². The molecule has 0 aromatic heterocycles. The van der Waals surface area contributed by atoms with Gasteiger partial charge in [0.1, 0.15) is 5.75 Å². The molecule has 2 rings (SSSR count). The summed E-state index contributed by atoms with van der Waals surface area (Å²) < 4.78 is 5.15. The van der Waals surface area contributed by atoms with Crippen LogP contribution >= 0.6 is 12.6 Å². The van der Waals surface area contributed by atoms with Crippen molar-refractivity contribution < 1.29 is 9.53 Å². The Kier molecular flexibility index (Phi) is 5.07. The molecule has 0 atom stereocenters. The van der Waals surface area contributed by atoms with Gasteiger partial charge in [0, 0.05) is 11.4 Å². The number of carbonyl (C=O) groups is 1. The quantitative estimate of drug-likeness (QED) is 0.830. The molecular formula is C16H17NO2S. The standard InChI is InChI=1S/C16H17NO2S/c1-19-14-4-2-3-13(9-14)11-17-16(18)10-12-5-7-15(20)8-6-12/h2-9,20H,10-11H2,1H3,(H,17,18). The van der Waals surface area contributed by atoms with Crippen LogP contribution in [0, 0.1) is 0 Å². The molecule has 0 unspecified atom stereocenters. The van der Waals surface area contributed by atoms with Gasteiger partial charge < -0.3 is 10.1 Å². The van der Waals surface area contributed by atoms with Crippen LogP contribution in [0.3, 0.4) is 0 Å². The lowest BCUT2D eigenvalue weighted by Gasteiger charge is -2.07. The molecule has 1 N–H and O–H groups in total. The number of amides is 1. The Balaban J connectivity index is 1.87. The van der Waals surface area contributed by atoms with Crippen molar-refractivity contribution in [2.75, 3.05) is 7.11 Å². The van der Waals surface area contributed by atoms with Crippen LogP contribution in [-0.2, 0) is 17.8 Å². The fourth-order valence-corrected chi connectivity index (χ4v) is 1.99. The minimum absolute atomic E-state index is 0.000246. The normalized spacial score (nSPS) is 10.1. The van der Waals surface area contributed by atoms with E-state index < -0.39 is 0 Å². The first-order chi connectivity index (χ1) is 9.67. The Bertz CT molecular complexity index is 581. The number of rotatable bonds is 5. The maximum absolute atomic E-state index is 11.9. The Hall–Kier alpha value is -1.94. The molecule has 0 heterocycles. The molecule has 0 spiro atoms. The molecule has 0 radical (unpaired) electrons. The third-order valence-corrected chi connectivity index (χ3v) is 3.22. The van der Waals surface area contributed by atoms with Crippen molar-refractivity contribution in [1.82, 2.24) is 5.32 Å². The Morgan fingerprint density at radius 2 is 1.90 bits per heavy atom. The minimum atomic E-state index is -0.000246. The zero-order valence-electron chi connectivity index (χ0n) is 11.3. The van der Waals surface area contributed by atoms with E-state index in [0.717, 1.165) is 21.8 Å². The van der Waals surface area contributed by atoms with Crippen LogP contribution in [0.15, 0.2) is 53.4 Å². The number of thiol groups is 1. The number of carbonyl (C=O) groups excluding carboxylic acids is 1. The molecule has 0 aliphatic rings. The first kappa shape index (κ1) is 14.5. The first-order valence-corrected chi connectivity index (χ1v) is 6.79. The second kappa shape index (κ2) is 7.01. The summed E-state index contributed by atoms with van der Waals surface area (Å²) in [6.07, 6.45) is 0.373. The molecular weight excluding hydrogens is 270 g/mol. The Morgan fingerprint density at radius 1 is 1.15 bits per heavy atom. The van der Waals surface area contributed by atoms with Gasteiger partial charge in [-0.25, -0.2) is 0 Å². The van der Waals surface area contributed by atoms with Gasteiger partial charge in [0.05, 0.1) is 13.5 Å². The number of methoxy groups -OCH3 is 1. The zero-order valence-corrected chi connectivity index (χ0v) is 12.2. The maximum atomic E-state index is 11.9. The summed E-state index contributed by atoms with van der Waals surface area (Å²) in [5.74, 6) is 0.792. The highest BCUT2D eigenvalue weighted by atomic mass is 32.1. The lowest BCUT2D eigenvalue weighted by atomic mass is 10.1. The monoisotopic (exact) mass is 287 g/mol. The Labute approximate surface area is 124 Å². The fourth-order valence-electron chi connectivity index (χ4n) is 1.84. The fraction of sp³-hybridized carbons (Fsp3) is 0.188. The molecule has 20 heavy (non-hydrogen) atoms. The molecule has 104 valence electrons. The molecule has 0 saturated heterocycles. The number of benzene rings is 2. The lowest BCUT2D eigenvalue weighted by molar-refractivity contribution is -0.120. The third-order valence-electron chi connectivity index (χ3n) is 2.92. The van der Waals surface area contributed by atoms with Crippen LogP contribution in [0.2, 0.25) is 0 Å². The van der Waals surface area contributed by atoms with E-state index in [1.807, 2.05) is 48.5 Å². The molecule has 0 fully saturated rings. The number of ether oxygens (including phenoxy) is 1. The largest absolute Gasteiger partial charge is 0.497 e. The molecule has 2 aromatic carbocycles. The highest BCUT2D eigenvalue weighted by molar-refractivity contribution is 7.80. The van der Waals surface area contributed by atoms with Crippen LogP contribution in [-0.4, -0.2) is 13.0 Å². The van der Waals surface area contributed by atoms with E-state index in [0.29, 0.717) is 13.0 Å². The van der Waals surface area contributed by atoms with Gasteiger partial charge in [-0.05, 0) is 35.4 Å². The van der Waals surface area contributed by atoms with E-state index >= 15 is 0 Å². The molecule has 0 aliphatic heterocycles. The van der Waals surface area contributed by atoms with Crippen molar-refractivity contribution in [3.05, 3.63) is 59.7 Å².